The van der Waals surface area contributed by atoms with Gasteiger partial charge in [-0.2, -0.15) is 0 Å². The van der Waals surface area contributed by atoms with E-state index in [2.05, 4.69) is 29.7 Å². The topological polar surface area (TPSA) is 38.1 Å². The summed E-state index contributed by atoms with van der Waals surface area (Å²) >= 11 is 1.53. The average Bonchev–Trinajstić information content (AvgIpc) is 3.05. The van der Waals surface area contributed by atoms with Crippen LogP contribution < -0.4 is 0 Å². The first-order valence-corrected chi connectivity index (χ1v) is 10.2. The van der Waals surface area contributed by atoms with E-state index >= 15 is 0 Å². The van der Waals surface area contributed by atoms with E-state index in [0.717, 1.165) is 41.3 Å². The second kappa shape index (κ2) is 7.54. The van der Waals surface area contributed by atoms with Crippen molar-refractivity contribution in [3.63, 3.8) is 0 Å². The fourth-order valence-corrected chi connectivity index (χ4v) is 4.52. The zero-order chi connectivity index (χ0) is 17.9. The molecule has 26 heavy (non-hydrogen) atoms. The summed E-state index contributed by atoms with van der Waals surface area (Å²) in [4.78, 5) is 19.5. The quantitative estimate of drug-likeness (QED) is 0.638. The van der Waals surface area contributed by atoms with Gasteiger partial charge in [-0.3, -0.25) is 9.36 Å². The van der Waals surface area contributed by atoms with Crippen molar-refractivity contribution in [3.05, 3.63) is 54.6 Å². The van der Waals surface area contributed by atoms with Crippen LogP contribution in [0.3, 0.4) is 0 Å². The minimum absolute atomic E-state index is 0.217. The number of hydrogen-bond donors (Lipinski definition) is 0. The summed E-state index contributed by atoms with van der Waals surface area (Å²) in [6.45, 7) is 3.04. The Morgan fingerprint density at radius 1 is 1.12 bits per heavy atom. The molecule has 1 fully saturated rings. The Morgan fingerprint density at radius 3 is 2.69 bits per heavy atom. The summed E-state index contributed by atoms with van der Waals surface area (Å²) in [5.74, 6) is 0.648. The van der Waals surface area contributed by atoms with Gasteiger partial charge in [0.2, 0.25) is 5.91 Å². The molecule has 0 N–H and O–H groups in total. The summed E-state index contributed by atoms with van der Waals surface area (Å²) in [5, 5.41) is 0.871. The molecule has 0 aliphatic carbocycles. The molecule has 2 heterocycles. The third-order valence-corrected chi connectivity index (χ3v) is 5.92. The lowest BCUT2D eigenvalue weighted by Crippen LogP contribution is -2.42. The summed E-state index contributed by atoms with van der Waals surface area (Å²) in [6, 6.07) is 18.7. The van der Waals surface area contributed by atoms with E-state index in [1.165, 1.54) is 18.2 Å². The highest BCUT2D eigenvalue weighted by Gasteiger charge is 2.24. The predicted octanol–water partition coefficient (Wildman–Crippen LogP) is 4.52. The van der Waals surface area contributed by atoms with Crippen LogP contribution in [0.2, 0.25) is 0 Å². The molecule has 1 aromatic heterocycles. The molecule has 2 aromatic carbocycles. The molecule has 4 rings (SSSR count). The van der Waals surface area contributed by atoms with Crippen LogP contribution in [-0.2, 0) is 4.79 Å². The van der Waals surface area contributed by atoms with Crippen LogP contribution in [0.4, 0.5) is 0 Å². The molecule has 1 unspecified atom stereocenters. The van der Waals surface area contributed by atoms with Gasteiger partial charge in [-0.05, 0) is 50.5 Å². The van der Waals surface area contributed by atoms with E-state index in [0.29, 0.717) is 11.8 Å². The molecule has 0 spiro atoms. The molecule has 1 saturated heterocycles. The minimum Gasteiger partial charge on any atom is -0.339 e. The second-order valence-electron chi connectivity index (χ2n) is 6.77. The number of benzene rings is 2. The summed E-state index contributed by atoms with van der Waals surface area (Å²) in [6.07, 6.45) is 3.45. The third-order valence-electron chi connectivity index (χ3n) is 4.99. The lowest BCUT2D eigenvalue weighted by Gasteiger charge is -2.33. The number of thioether (sulfide) groups is 1. The summed E-state index contributed by atoms with van der Waals surface area (Å²) in [7, 11) is 0. The molecule has 3 aromatic rings. The zero-order valence-corrected chi connectivity index (χ0v) is 15.8. The zero-order valence-electron chi connectivity index (χ0n) is 15.0. The lowest BCUT2D eigenvalue weighted by atomic mass is 10.0. The number of rotatable bonds is 4. The van der Waals surface area contributed by atoms with Gasteiger partial charge in [0.1, 0.15) is 0 Å². The maximum Gasteiger partial charge on any atom is 0.233 e. The van der Waals surface area contributed by atoms with Crippen LogP contribution in [0.5, 0.6) is 0 Å². The van der Waals surface area contributed by atoms with Crippen LogP contribution in [0.25, 0.3) is 16.7 Å². The Labute approximate surface area is 158 Å². The van der Waals surface area contributed by atoms with Gasteiger partial charge in [-0.15, -0.1) is 0 Å². The maximum atomic E-state index is 12.7. The monoisotopic (exact) mass is 365 g/mol. The van der Waals surface area contributed by atoms with Gasteiger partial charge >= 0.3 is 0 Å². The van der Waals surface area contributed by atoms with E-state index in [-0.39, 0.29) is 5.91 Å². The molecule has 5 heteroatoms. The number of carbonyl (C=O) groups is 1. The lowest BCUT2D eigenvalue weighted by molar-refractivity contribution is -0.131. The number of fused-ring (bicyclic) bond motifs is 1. The molecular weight excluding hydrogens is 342 g/mol. The van der Waals surface area contributed by atoms with E-state index < -0.39 is 0 Å². The Hall–Kier alpha value is -2.27. The first-order valence-electron chi connectivity index (χ1n) is 9.19. The normalized spacial score (nSPS) is 17.6. The average molecular weight is 366 g/mol. The maximum absolute atomic E-state index is 12.7. The standard InChI is InChI=1S/C21H23N3OS/c1-16-9-7-8-14-23(16)20(25)15-26-21-22-18-12-5-6-13-19(18)24(21)17-10-3-2-4-11-17/h2-6,10-13,16H,7-9,14-15H2,1H3. The van der Waals surface area contributed by atoms with E-state index in [1.807, 2.05) is 41.3 Å². The number of hydrogen-bond acceptors (Lipinski definition) is 3. The number of imidazole rings is 1. The molecular formula is C21H23N3OS. The summed E-state index contributed by atoms with van der Waals surface area (Å²) in [5.41, 5.74) is 3.10. The molecule has 4 nitrogen and oxygen atoms in total. The minimum atomic E-state index is 0.217. The number of para-hydroxylation sites is 3. The number of amides is 1. The third kappa shape index (κ3) is 3.36. The highest BCUT2D eigenvalue weighted by atomic mass is 32.2. The number of carbonyl (C=O) groups excluding carboxylic acids is 1. The van der Waals surface area contributed by atoms with Gasteiger partial charge < -0.3 is 4.90 Å². The molecule has 1 aliphatic rings. The van der Waals surface area contributed by atoms with Gasteiger partial charge in [0, 0.05) is 18.3 Å². The summed E-state index contributed by atoms with van der Waals surface area (Å²) < 4.78 is 2.15. The molecule has 1 aliphatic heterocycles. The van der Waals surface area contributed by atoms with Crippen LogP contribution >= 0.6 is 11.8 Å². The highest BCUT2D eigenvalue weighted by Crippen LogP contribution is 2.28. The van der Waals surface area contributed by atoms with Crippen molar-refractivity contribution in [1.82, 2.24) is 14.5 Å². The van der Waals surface area contributed by atoms with E-state index in [9.17, 15) is 4.79 Å². The first kappa shape index (κ1) is 17.2. The van der Waals surface area contributed by atoms with Gasteiger partial charge in [0.25, 0.3) is 0 Å². The van der Waals surface area contributed by atoms with Gasteiger partial charge in [-0.1, -0.05) is 42.1 Å². The van der Waals surface area contributed by atoms with Crippen molar-refractivity contribution in [2.45, 2.75) is 37.4 Å². The number of piperidine rings is 1. The Balaban J connectivity index is 1.61. The number of aromatic nitrogens is 2. The molecule has 0 saturated carbocycles. The largest absolute Gasteiger partial charge is 0.339 e. The SMILES string of the molecule is CC1CCCCN1C(=O)CSc1nc2ccccc2n1-c1ccccc1. The number of likely N-dealkylation sites (tertiary alicyclic amines) is 1. The van der Waals surface area contributed by atoms with Gasteiger partial charge in [-0.25, -0.2) is 4.98 Å². The number of nitrogens with zero attached hydrogens (tertiary/aromatic N) is 3. The van der Waals surface area contributed by atoms with Gasteiger partial charge in [0.05, 0.1) is 16.8 Å². The Morgan fingerprint density at radius 2 is 1.88 bits per heavy atom. The molecule has 134 valence electrons. The molecule has 0 radical (unpaired) electrons. The smallest absolute Gasteiger partial charge is 0.233 e. The van der Waals surface area contributed by atoms with Crippen molar-refractivity contribution >= 4 is 28.7 Å². The van der Waals surface area contributed by atoms with Gasteiger partial charge in [0.15, 0.2) is 5.16 Å². The van der Waals surface area contributed by atoms with Crippen molar-refractivity contribution in [1.29, 1.82) is 0 Å². The second-order valence-corrected chi connectivity index (χ2v) is 7.72. The van der Waals surface area contributed by atoms with Crippen molar-refractivity contribution in [2.75, 3.05) is 12.3 Å². The van der Waals surface area contributed by atoms with Crippen LogP contribution in [0.1, 0.15) is 26.2 Å². The molecule has 1 atom stereocenters. The van der Waals surface area contributed by atoms with Crippen molar-refractivity contribution in [3.8, 4) is 5.69 Å². The Bertz CT molecular complexity index is 906. The van der Waals surface area contributed by atoms with Crippen molar-refractivity contribution in [2.24, 2.45) is 0 Å². The van der Waals surface area contributed by atoms with E-state index in [1.54, 1.807) is 0 Å². The fraction of sp³-hybridized carbons (Fsp3) is 0.333. The van der Waals surface area contributed by atoms with Crippen LogP contribution in [-0.4, -0.2) is 38.7 Å². The molecule has 1 amide bonds. The highest BCUT2D eigenvalue weighted by molar-refractivity contribution is 7.99. The van der Waals surface area contributed by atoms with E-state index in [4.69, 9.17) is 4.98 Å². The van der Waals surface area contributed by atoms with Crippen LogP contribution in [0, 0.1) is 0 Å². The molecule has 0 bridgehead atoms. The Kier molecular flexibility index (Phi) is 4.98. The fourth-order valence-electron chi connectivity index (χ4n) is 3.61. The van der Waals surface area contributed by atoms with Crippen LogP contribution in [0.15, 0.2) is 59.8 Å². The van der Waals surface area contributed by atoms with Crippen molar-refractivity contribution < 1.29 is 4.79 Å². The first-order chi connectivity index (χ1) is 12.7. The predicted molar refractivity (Wildman–Crippen MR) is 107 cm³/mol.